The Kier molecular flexibility index (Phi) is 1.81. The van der Waals surface area contributed by atoms with E-state index >= 15 is 0 Å². The topological polar surface area (TPSA) is 9.23 Å². The molecule has 0 radical (unpaired) electrons. The molecule has 0 fully saturated rings. The van der Waals surface area contributed by atoms with Gasteiger partial charge in [0.05, 0.1) is 5.75 Å². The Balaban J connectivity index is 2.33. The summed E-state index contributed by atoms with van der Waals surface area (Å²) >= 11 is 0. The molecule has 0 aliphatic carbocycles. The van der Waals surface area contributed by atoms with E-state index in [4.69, 9.17) is 4.65 Å². The second kappa shape index (κ2) is 3.08. The Morgan fingerprint density at radius 3 is 2.25 bits per heavy atom. The third-order valence-electron chi connectivity index (χ3n) is 2.78. The molecular formula is C12H8BF2O-. The number of hydrogen-bond donors (Lipinski definition) is 0. The average molecular weight is 217 g/mol. The van der Waals surface area contributed by atoms with Crippen molar-refractivity contribution in [1.29, 1.82) is 0 Å². The largest absolute Gasteiger partial charge is 0.660 e. The molecule has 0 atom stereocenters. The zero-order chi connectivity index (χ0) is 11.2. The van der Waals surface area contributed by atoms with E-state index in [0.29, 0.717) is 5.56 Å². The monoisotopic (exact) mass is 217 g/mol. The second-order valence-corrected chi connectivity index (χ2v) is 3.80. The molecule has 4 heteroatoms. The maximum Gasteiger partial charge on any atom is 0.534 e. The highest BCUT2D eigenvalue weighted by molar-refractivity contribution is 6.76. The predicted octanol–water partition coefficient (Wildman–Crippen LogP) is 2.83. The first-order valence-electron chi connectivity index (χ1n) is 5.07. The molecule has 0 saturated carbocycles. The first-order chi connectivity index (χ1) is 7.68. The van der Waals surface area contributed by atoms with Gasteiger partial charge in [0.2, 0.25) is 0 Å². The van der Waals surface area contributed by atoms with Gasteiger partial charge in [-0.25, -0.2) is 0 Å². The van der Waals surface area contributed by atoms with Crippen molar-refractivity contribution in [3.05, 3.63) is 48.5 Å². The minimum Gasteiger partial charge on any atom is -0.660 e. The van der Waals surface area contributed by atoms with E-state index < -0.39 is 6.90 Å². The second-order valence-electron chi connectivity index (χ2n) is 3.80. The Hall–Kier alpha value is -1.84. The number of fused-ring (bicyclic) bond motifs is 3. The van der Waals surface area contributed by atoms with E-state index in [0.717, 1.165) is 5.56 Å². The van der Waals surface area contributed by atoms with Crippen LogP contribution in [0.5, 0.6) is 5.75 Å². The van der Waals surface area contributed by atoms with Crippen LogP contribution in [0.15, 0.2) is 48.5 Å². The van der Waals surface area contributed by atoms with Crippen LogP contribution in [0.4, 0.5) is 8.63 Å². The van der Waals surface area contributed by atoms with Gasteiger partial charge in [0.15, 0.2) is 0 Å². The summed E-state index contributed by atoms with van der Waals surface area (Å²) in [5.74, 6) is 0.256. The maximum atomic E-state index is 13.7. The van der Waals surface area contributed by atoms with E-state index in [9.17, 15) is 8.63 Å². The number of rotatable bonds is 0. The van der Waals surface area contributed by atoms with Crippen LogP contribution < -0.4 is 10.1 Å². The van der Waals surface area contributed by atoms with Gasteiger partial charge in [0, 0.05) is 5.56 Å². The Labute approximate surface area is 91.7 Å². The van der Waals surface area contributed by atoms with Crippen LogP contribution in [0.1, 0.15) is 0 Å². The van der Waals surface area contributed by atoms with Gasteiger partial charge in [-0.2, -0.15) is 0 Å². The number of para-hydroxylation sites is 1. The Bertz CT molecular complexity index is 554. The van der Waals surface area contributed by atoms with Gasteiger partial charge in [0.1, 0.15) is 0 Å². The Morgan fingerprint density at radius 1 is 0.812 bits per heavy atom. The van der Waals surface area contributed by atoms with Crippen molar-refractivity contribution >= 4 is 12.4 Å². The fourth-order valence-corrected chi connectivity index (χ4v) is 2.05. The van der Waals surface area contributed by atoms with Crippen LogP contribution in [0.2, 0.25) is 0 Å². The van der Waals surface area contributed by atoms with Crippen LogP contribution in [-0.4, -0.2) is 6.90 Å². The van der Waals surface area contributed by atoms with Crippen LogP contribution >= 0.6 is 0 Å². The lowest BCUT2D eigenvalue weighted by molar-refractivity contribution is 0.396. The first-order valence-corrected chi connectivity index (χ1v) is 5.07. The quantitative estimate of drug-likeness (QED) is 0.616. The SMILES string of the molecule is F[B-]1(F)Oc2ccccc2-c2ccccc21. The van der Waals surface area contributed by atoms with Crippen molar-refractivity contribution in [3.8, 4) is 16.9 Å². The summed E-state index contributed by atoms with van der Waals surface area (Å²) in [6, 6.07) is 13.4. The standard InChI is InChI=1S/C12H8BF2O/c14-13(15)11-7-3-1-5-9(11)10-6-2-4-8-12(10)16-13/h1-8H/q-1. The van der Waals surface area contributed by atoms with Crippen molar-refractivity contribution in [2.45, 2.75) is 0 Å². The molecule has 0 aromatic heterocycles. The van der Waals surface area contributed by atoms with E-state index in [1.165, 1.54) is 6.07 Å². The number of halogens is 2. The normalized spacial score (nSPS) is 15.9. The minimum atomic E-state index is -3.93. The van der Waals surface area contributed by atoms with Crippen molar-refractivity contribution < 1.29 is 13.3 Å². The molecule has 0 N–H and O–H groups in total. The molecule has 80 valence electrons. The van der Waals surface area contributed by atoms with Gasteiger partial charge in [-0.05, 0) is 11.6 Å². The lowest BCUT2D eigenvalue weighted by Crippen LogP contribution is -2.48. The van der Waals surface area contributed by atoms with Gasteiger partial charge in [-0.1, -0.05) is 47.9 Å². The first kappa shape index (κ1) is 9.40. The van der Waals surface area contributed by atoms with Crippen LogP contribution in [0.3, 0.4) is 0 Å². The number of hydrogen-bond acceptors (Lipinski definition) is 1. The van der Waals surface area contributed by atoms with Gasteiger partial charge in [-0.15, -0.1) is 0 Å². The summed E-state index contributed by atoms with van der Waals surface area (Å²) < 4.78 is 32.2. The lowest BCUT2D eigenvalue weighted by atomic mass is 9.70. The molecule has 1 heterocycles. The fraction of sp³-hybridized carbons (Fsp3) is 0. The van der Waals surface area contributed by atoms with E-state index in [2.05, 4.69) is 0 Å². The molecule has 1 aliphatic rings. The molecular weight excluding hydrogens is 209 g/mol. The molecule has 0 unspecified atom stereocenters. The molecule has 0 saturated heterocycles. The van der Waals surface area contributed by atoms with E-state index in [1.54, 1.807) is 36.4 Å². The predicted molar refractivity (Wildman–Crippen MR) is 60.1 cm³/mol. The van der Waals surface area contributed by atoms with E-state index in [-0.39, 0.29) is 11.2 Å². The van der Waals surface area contributed by atoms with Crippen LogP contribution in [0, 0.1) is 0 Å². The molecule has 1 nitrogen and oxygen atoms in total. The summed E-state index contributed by atoms with van der Waals surface area (Å²) in [4.78, 5) is 0. The highest BCUT2D eigenvalue weighted by Gasteiger charge is 2.36. The minimum absolute atomic E-state index is 0.0128. The van der Waals surface area contributed by atoms with Gasteiger partial charge in [0.25, 0.3) is 0 Å². The number of benzene rings is 2. The zero-order valence-corrected chi connectivity index (χ0v) is 8.36. The highest BCUT2D eigenvalue weighted by Crippen LogP contribution is 2.36. The molecule has 0 bridgehead atoms. The van der Waals surface area contributed by atoms with Crippen molar-refractivity contribution in [3.63, 3.8) is 0 Å². The van der Waals surface area contributed by atoms with E-state index in [1.807, 2.05) is 6.07 Å². The highest BCUT2D eigenvalue weighted by atomic mass is 19.3. The summed E-state index contributed by atoms with van der Waals surface area (Å²) in [6.45, 7) is -3.93. The van der Waals surface area contributed by atoms with Crippen LogP contribution in [0.25, 0.3) is 11.1 Å². The molecule has 16 heavy (non-hydrogen) atoms. The molecule has 1 aliphatic heterocycles. The molecule has 2 aromatic rings. The summed E-state index contributed by atoms with van der Waals surface area (Å²) in [7, 11) is 0. The molecule has 0 amide bonds. The molecule has 3 rings (SSSR count). The fourth-order valence-electron chi connectivity index (χ4n) is 2.05. The maximum absolute atomic E-state index is 13.7. The Morgan fingerprint density at radius 2 is 1.44 bits per heavy atom. The summed E-state index contributed by atoms with van der Waals surface area (Å²) in [5.41, 5.74) is 1.28. The van der Waals surface area contributed by atoms with Crippen LogP contribution in [-0.2, 0) is 0 Å². The third-order valence-corrected chi connectivity index (χ3v) is 2.78. The lowest BCUT2D eigenvalue weighted by Gasteiger charge is -2.35. The summed E-state index contributed by atoms with van der Waals surface area (Å²) in [5, 5.41) is 0. The molecule has 2 aromatic carbocycles. The van der Waals surface area contributed by atoms with Gasteiger partial charge < -0.3 is 13.3 Å². The van der Waals surface area contributed by atoms with Crippen molar-refractivity contribution in [2.75, 3.05) is 0 Å². The summed E-state index contributed by atoms with van der Waals surface area (Å²) in [6.07, 6.45) is 0. The van der Waals surface area contributed by atoms with Crippen molar-refractivity contribution in [1.82, 2.24) is 0 Å². The molecule has 0 spiro atoms. The third kappa shape index (κ3) is 1.23. The average Bonchev–Trinajstić information content (AvgIpc) is 2.29. The zero-order valence-electron chi connectivity index (χ0n) is 8.36. The van der Waals surface area contributed by atoms with Gasteiger partial charge >= 0.3 is 6.90 Å². The smallest absolute Gasteiger partial charge is 0.534 e. The van der Waals surface area contributed by atoms with Gasteiger partial charge in [-0.3, -0.25) is 0 Å². The van der Waals surface area contributed by atoms with Crippen molar-refractivity contribution in [2.24, 2.45) is 0 Å².